The van der Waals surface area contributed by atoms with E-state index < -0.39 is 5.54 Å². The van der Waals surface area contributed by atoms with Gasteiger partial charge in [-0.3, -0.25) is 0 Å². The van der Waals surface area contributed by atoms with Crippen molar-refractivity contribution in [1.29, 1.82) is 5.26 Å². The Hall–Kier alpha value is -1.17. The molecule has 0 amide bonds. The number of methoxy groups -OCH3 is 1. The van der Waals surface area contributed by atoms with Crippen molar-refractivity contribution in [2.45, 2.75) is 18.9 Å². The largest absolute Gasteiger partial charge is 0.381 e. The predicted molar refractivity (Wildman–Crippen MR) is 38.6 cm³/mol. The molecule has 0 N–H and O–H groups in total. The van der Waals surface area contributed by atoms with Gasteiger partial charge in [-0.2, -0.15) is 10.3 Å². The maximum Gasteiger partial charge on any atom is 0.236 e. The zero-order chi connectivity index (χ0) is 8.74. The van der Waals surface area contributed by atoms with Crippen LogP contribution in [-0.4, -0.2) is 25.3 Å². The van der Waals surface area contributed by atoms with E-state index in [1.165, 1.54) is 13.2 Å². The quantitative estimate of drug-likeness (QED) is 0.441. The van der Waals surface area contributed by atoms with Crippen LogP contribution in [0.3, 0.4) is 0 Å². The zero-order valence-electron chi connectivity index (χ0n) is 6.63. The first-order valence-corrected chi connectivity index (χ1v) is 3.24. The zero-order valence-corrected chi connectivity index (χ0v) is 6.63. The minimum atomic E-state index is -1.03. The monoisotopic (exact) mass is 154 g/mol. The first kappa shape index (κ1) is 9.83. The predicted octanol–water partition coefficient (Wildman–Crippen LogP) is 0.641. The Kier molecular flexibility index (Phi) is 4.12. The molecule has 0 aliphatic rings. The summed E-state index contributed by atoms with van der Waals surface area (Å²) in [5, 5.41) is 8.64. The summed E-state index contributed by atoms with van der Waals surface area (Å²) in [6.45, 7) is 1.90. The summed E-state index contributed by atoms with van der Waals surface area (Å²) in [5.41, 5.74) is -1.03. The van der Waals surface area contributed by atoms with Crippen LogP contribution >= 0.6 is 0 Å². The van der Waals surface area contributed by atoms with E-state index in [1.807, 2.05) is 6.07 Å². The molecule has 0 rings (SSSR count). The minimum Gasteiger partial charge on any atom is -0.381 e. The Morgan fingerprint density at radius 2 is 2.36 bits per heavy atom. The summed E-state index contributed by atoms with van der Waals surface area (Å²) in [4.78, 5) is 13.3. The van der Waals surface area contributed by atoms with E-state index >= 15 is 0 Å². The molecule has 0 spiro atoms. The van der Waals surface area contributed by atoms with Crippen molar-refractivity contribution in [3.8, 4) is 6.07 Å². The van der Waals surface area contributed by atoms with Gasteiger partial charge in [0.25, 0.3) is 0 Å². The second kappa shape index (κ2) is 4.62. The Labute approximate surface area is 65.5 Å². The highest BCUT2D eigenvalue weighted by atomic mass is 16.5. The van der Waals surface area contributed by atoms with E-state index in [-0.39, 0.29) is 6.61 Å². The van der Waals surface area contributed by atoms with Crippen molar-refractivity contribution in [2.75, 3.05) is 13.7 Å². The van der Waals surface area contributed by atoms with Gasteiger partial charge in [-0.05, 0) is 6.42 Å². The van der Waals surface area contributed by atoms with Crippen LogP contribution in [0, 0.1) is 11.3 Å². The highest BCUT2D eigenvalue weighted by Gasteiger charge is 2.26. The fourth-order valence-electron chi connectivity index (χ4n) is 0.676. The number of nitrogens with zero attached hydrogens (tertiary/aromatic N) is 2. The van der Waals surface area contributed by atoms with Crippen molar-refractivity contribution in [3.05, 3.63) is 0 Å². The Bertz CT molecular complexity index is 203. The van der Waals surface area contributed by atoms with Crippen molar-refractivity contribution >= 4 is 6.08 Å². The third-order valence-corrected chi connectivity index (χ3v) is 1.44. The second-order valence-electron chi connectivity index (χ2n) is 2.13. The fraction of sp³-hybridized carbons (Fsp3) is 0.714. The summed E-state index contributed by atoms with van der Waals surface area (Å²) >= 11 is 0. The van der Waals surface area contributed by atoms with Gasteiger partial charge in [0.2, 0.25) is 6.08 Å². The van der Waals surface area contributed by atoms with Gasteiger partial charge >= 0.3 is 0 Å². The number of hydrogen-bond donors (Lipinski definition) is 0. The fourth-order valence-corrected chi connectivity index (χ4v) is 0.676. The summed E-state index contributed by atoms with van der Waals surface area (Å²) in [7, 11) is 1.46. The molecule has 1 unspecified atom stereocenters. The molecule has 0 aromatic heterocycles. The maximum atomic E-state index is 9.91. The number of aliphatic imine (C=N–C) groups is 1. The van der Waals surface area contributed by atoms with Crippen LogP contribution in [0.2, 0.25) is 0 Å². The summed E-state index contributed by atoms with van der Waals surface area (Å²) in [6, 6.07) is 1.91. The first-order valence-electron chi connectivity index (χ1n) is 3.24. The molecule has 0 fully saturated rings. The lowest BCUT2D eigenvalue weighted by atomic mass is 10.0. The molecule has 0 aliphatic carbocycles. The third kappa shape index (κ3) is 2.50. The number of nitriles is 1. The summed E-state index contributed by atoms with van der Waals surface area (Å²) < 4.78 is 4.75. The van der Waals surface area contributed by atoms with E-state index in [2.05, 4.69) is 4.99 Å². The lowest BCUT2D eigenvalue weighted by Crippen LogP contribution is -2.29. The first-order chi connectivity index (χ1) is 5.24. The van der Waals surface area contributed by atoms with Crippen LogP contribution in [0.25, 0.3) is 0 Å². The van der Waals surface area contributed by atoms with E-state index in [1.54, 1.807) is 6.92 Å². The van der Waals surface area contributed by atoms with Crippen molar-refractivity contribution in [2.24, 2.45) is 4.99 Å². The molecular formula is C7H10N2O2. The van der Waals surface area contributed by atoms with Crippen molar-refractivity contribution in [1.82, 2.24) is 0 Å². The van der Waals surface area contributed by atoms with Crippen LogP contribution in [0.1, 0.15) is 13.3 Å². The van der Waals surface area contributed by atoms with E-state index in [9.17, 15) is 4.79 Å². The van der Waals surface area contributed by atoms with Crippen LogP contribution < -0.4 is 0 Å². The summed E-state index contributed by atoms with van der Waals surface area (Å²) in [5.74, 6) is 0. The third-order valence-electron chi connectivity index (χ3n) is 1.44. The van der Waals surface area contributed by atoms with E-state index in [0.717, 1.165) is 0 Å². The van der Waals surface area contributed by atoms with E-state index in [4.69, 9.17) is 10.00 Å². The molecule has 1 atom stereocenters. The molecule has 11 heavy (non-hydrogen) atoms. The molecule has 0 saturated carbocycles. The molecule has 0 aliphatic heterocycles. The Balaban J connectivity index is 4.48. The number of isocyanates is 1. The van der Waals surface area contributed by atoms with Gasteiger partial charge in [0.1, 0.15) is 0 Å². The Morgan fingerprint density at radius 3 is 2.64 bits per heavy atom. The molecule has 0 aromatic rings. The van der Waals surface area contributed by atoms with Gasteiger partial charge in [-0.25, -0.2) is 4.79 Å². The number of rotatable bonds is 4. The number of hydrogen-bond acceptors (Lipinski definition) is 4. The van der Waals surface area contributed by atoms with Gasteiger partial charge in [-0.1, -0.05) is 6.92 Å². The molecule has 4 heteroatoms. The lowest BCUT2D eigenvalue weighted by Gasteiger charge is -2.15. The average molecular weight is 154 g/mol. The van der Waals surface area contributed by atoms with Crippen molar-refractivity contribution < 1.29 is 9.53 Å². The SMILES string of the molecule is CCC(C#N)(COC)N=C=O. The van der Waals surface area contributed by atoms with E-state index in [0.29, 0.717) is 6.42 Å². The van der Waals surface area contributed by atoms with Crippen LogP contribution in [0.15, 0.2) is 4.99 Å². The highest BCUT2D eigenvalue weighted by molar-refractivity contribution is 5.36. The molecular weight excluding hydrogens is 144 g/mol. The Morgan fingerprint density at radius 1 is 1.73 bits per heavy atom. The minimum absolute atomic E-state index is 0.134. The summed E-state index contributed by atoms with van der Waals surface area (Å²) in [6.07, 6.45) is 1.82. The topological polar surface area (TPSA) is 62.4 Å². The standard InChI is InChI=1S/C7H10N2O2/c1-3-7(4-8,5-11-2)9-6-10/h3,5H2,1-2H3. The van der Waals surface area contributed by atoms with Gasteiger partial charge in [0.15, 0.2) is 5.54 Å². The maximum absolute atomic E-state index is 9.91. The molecule has 0 aromatic carbocycles. The van der Waals surface area contributed by atoms with Crippen molar-refractivity contribution in [3.63, 3.8) is 0 Å². The average Bonchev–Trinajstić information content (AvgIpc) is 2.04. The van der Waals surface area contributed by atoms with Crippen LogP contribution in [-0.2, 0) is 9.53 Å². The molecule has 0 bridgehead atoms. The highest BCUT2D eigenvalue weighted by Crippen LogP contribution is 2.13. The molecule has 4 nitrogen and oxygen atoms in total. The smallest absolute Gasteiger partial charge is 0.236 e. The van der Waals surface area contributed by atoms with Crippen LogP contribution in [0.5, 0.6) is 0 Å². The van der Waals surface area contributed by atoms with Gasteiger partial charge in [0.05, 0.1) is 12.7 Å². The molecule has 0 radical (unpaired) electrons. The second-order valence-corrected chi connectivity index (χ2v) is 2.13. The molecule has 0 heterocycles. The van der Waals surface area contributed by atoms with Gasteiger partial charge in [-0.15, -0.1) is 0 Å². The molecule has 60 valence electrons. The number of ether oxygens (including phenoxy) is 1. The van der Waals surface area contributed by atoms with Gasteiger partial charge in [0, 0.05) is 7.11 Å². The lowest BCUT2D eigenvalue weighted by molar-refractivity contribution is 0.155. The molecule has 0 saturated heterocycles. The number of carbonyl (C=O) groups excluding carboxylic acids is 1. The normalized spacial score (nSPS) is 14.3. The van der Waals surface area contributed by atoms with Crippen LogP contribution in [0.4, 0.5) is 0 Å². The van der Waals surface area contributed by atoms with Gasteiger partial charge < -0.3 is 4.74 Å².